The van der Waals surface area contributed by atoms with Crippen LogP contribution in [0.4, 0.5) is 0 Å². The molecule has 5 nitrogen and oxygen atoms in total. The molecule has 290 valence electrons. The Morgan fingerprint density at radius 3 is 1.39 bits per heavy atom. The van der Waals surface area contributed by atoms with E-state index in [9.17, 15) is 0 Å². The number of para-hydroxylation sites is 2. The molecule has 0 N–H and O–H groups in total. The lowest BCUT2D eigenvalue weighted by Crippen LogP contribution is -2.04. The second-order valence-corrected chi connectivity index (χ2v) is 15.6. The van der Waals surface area contributed by atoms with E-state index in [0.717, 1.165) is 99.5 Å². The van der Waals surface area contributed by atoms with Crippen molar-refractivity contribution in [3.05, 3.63) is 218 Å². The van der Waals surface area contributed by atoms with Crippen LogP contribution in [0, 0.1) is 0 Å². The summed E-state index contributed by atoms with van der Waals surface area (Å²) in [6, 6.07) is 76.3. The van der Waals surface area contributed by atoms with Gasteiger partial charge in [-0.05, 0) is 58.7 Å². The van der Waals surface area contributed by atoms with Crippen LogP contribution in [0.2, 0.25) is 0 Å². The number of furan rings is 1. The number of nitrogens with zero attached hydrogens (tertiary/aromatic N) is 4. The van der Waals surface area contributed by atoms with Crippen molar-refractivity contribution >= 4 is 43.7 Å². The van der Waals surface area contributed by atoms with Crippen LogP contribution in [0.1, 0.15) is 0 Å². The number of aromatic nitrogens is 4. The fourth-order valence-electron chi connectivity index (χ4n) is 8.95. The Hall–Kier alpha value is -8.41. The van der Waals surface area contributed by atoms with Gasteiger partial charge in [0.2, 0.25) is 0 Å². The maximum atomic E-state index is 6.72. The largest absolute Gasteiger partial charge is 0.455 e. The van der Waals surface area contributed by atoms with Crippen molar-refractivity contribution in [1.29, 1.82) is 0 Å². The van der Waals surface area contributed by atoms with Gasteiger partial charge in [0.05, 0.1) is 22.1 Å². The van der Waals surface area contributed by atoms with E-state index in [1.807, 2.05) is 30.3 Å². The van der Waals surface area contributed by atoms with Crippen LogP contribution in [0.3, 0.4) is 0 Å². The molecular weight excluding hydrogens is 757 g/mol. The smallest absolute Gasteiger partial charge is 0.164 e. The molecule has 0 aliphatic rings. The van der Waals surface area contributed by atoms with Crippen LogP contribution in [-0.2, 0) is 0 Å². The van der Waals surface area contributed by atoms with Gasteiger partial charge in [-0.3, -0.25) is 0 Å². The normalized spacial score (nSPS) is 11.5. The summed E-state index contributed by atoms with van der Waals surface area (Å²) in [5.74, 6) is 1.81. The fourth-order valence-corrected chi connectivity index (χ4v) is 8.95. The zero-order valence-electron chi connectivity index (χ0n) is 33.5. The van der Waals surface area contributed by atoms with E-state index in [4.69, 9.17) is 19.4 Å². The van der Waals surface area contributed by atoms with Gasteiger partial charge in [-0.15, -0.1) is 0 Å². The van der Waals surface area contributed by atoms with E-state index >= 15 is 0 Å². The highest BCUT2D eigenvalue weighted by atomic mass is 16.3. The lowest BCUT2D eigenvalue weighted by molar-refractivity contribution is 0.673. The summed E-state index contributed by atoms with van der Waals surface area (Å²) < 4.78 is 9.14. The number of hydrogen-bond acceptors (Lipinski definition) is 4. The van der Waals surface area contributed by atoms with Gasteiger partial charge in [-0.1, -0.05) is 182 Å². The summed E-state index contributed by atoms with van der Waals surface area (Å²) in [6.45, 7) is 0. The first kappa shape index (κ1) is 35.5. The molecule has 0 saturated heterocycles. The number of benzene rings is 9. The van der Waals surface area contributed by atoms with Crippen molar-refractivity contribution in [2.45, 2.75) is 0 Å². The second-order valence-electron chi connectivity index (χ2n) is 15.6. The van der Waals surface area contributed by atoms with Gasteiger partial charge in [-0.2, -0.15) is 0 Å². The standard InChI is InChI=1S/C57H36N4O/c1-5-17-37(18-6-1)38-29-31-42(32-30-38)56-58-55(41-23-11-4-12-24-41)59-57(60-56)43-35-47(39-19-7-2-8-20-39)53(48(36-43)40-21-9-3-10-22-40)61-49-27-15-13-26-46(49)52-50(61)34-33-45-44-25-14-16-28-51(44)62-54(45)52/h1-36H. The summed E-state index contributed by atoms with van der Waals surface area (Å²) in [4.78, 5) is 15.6. The first-order chi connectivity index (χ1) is 30.7. The van der Waals surface area contributed by atoms with Gasteiger partial charge in [0.25, 0.3) is 0 Å². The predicted molar refractivity (Wildman–Crippen MR) is 254 cm³/mol. The molecule has 0 atom stereocenters. The van der Waals surface area contributed by atoms with Crippen LogP contribution >= 0.6 is 0 Å². The molecule has 12 rings (SSSR count). The molecule has 62 heavy (non-hydrogen) atoms. The van der Waals surface area contributed by atoms with Crippen molar-refractivity contribution in [2.75, 3.05) is 0 Å². The first-order valence-corrected chi connectivity index (χ1v) is 20.9. The molecule has 3 aromatic heterocycles. The van der Waals surface area contributed by atoms with Gasteiger partial charge in [-0.25, -0.2) is 15.0 Å². The van der Waals surface area contributed by atoms with Crippen molar-refractivity contribution in [3.8, 4) is 73.2 Å². The Labute approximate surface area is 357 Å². The van der Waals surface area contributed by atoms with E-state index in [0.29, 0.717) is 17.5 Å². The van der Waals surface area contributed by atoms with Crippen molar-refractivity contribution in [1.82, 2.24) is 19.5 Å². The fraction of sp³-hybridized carbons (Fsp3) is 0. The molecule has 9 aromatic carbocycles. The SMILES string of the molecule is c1ccc(-c2ccc(-c3nc(-c4ccccc4)nc(-c4cc(-c5ccccc5)c(-n5c6ccccc6c6c7oc8ccccc8c7ccc65)c(-c5ccccc5)c4)n3)cc2)cc1. The molecule has 3 heterocycles. The van der Waals surface area contributed by atoms with Crippen molar-refractivity contribution in [3.63, 3.8) is 0 Å². The van der Waals surface area contributed by atoms with Crippen molar-refractivity contribution < 1.29 is 4.42 Å². The minimum absolute atomic E-state index is 0.591. The van der Waals surface area contributed by atoms with E-state index in [2.05, 4.69) is 193 Å². The molecular formula is C57H36N4O. The molecule has 0 radical (unpaired) electrons. The summed E-state index contributed by atoms with van der Waals surface area (Å²) in [6.07, 6.45) is 0. The molecule has 5 heteroatoms. The van der Waals surface area contributed by atoms with Crippen LogP contribution < -0.4 is 0 Å². The zero-order valence-corrected chi connectivity index (χ0v) is 33.5. The highest BCUT2D eigenvalue weighted by Crippen LogP contribution is 2.46. The van der Waals surface area contributed by atoms with Gasteiger partial charge < -0.3 is 8.98 Å². The lowest BCUT2D eigenvalue weighted by atomic mass is 9.92. The second kappa shape index (κ2) is 14.7. The highest BCUT2D eigenvalue weighted by molar-refractivity contribution is 6.24. The average molecular weight is 793 g/mol. The van der Waals surface area contributed by atoms with Crippen LogP contribution in [0.25, 0.3) is 117 Å². The third kappa shape index (κ3) is 5.98. The molecule has 0 aliphatic carbocycles. The Morgan fingerprint density at radius 1 is 0.323 bits per heavy atom. The number of fused-ring (bicyclic) bond motifs is 7. The van der Waals surface area contributed by atoms with Crippen LogP contribution in [-0.4, -0.2) is 19.5 Å². The van der Waals surface area contributed by atoms with Gasteiger partial charge in [0, 0.05) is 44.0 Å². The highest BCUT2D eigenvalue weighted by Gasteiger charge is 2.25. The number of rotatable bonds is 7. The third-order valence-electron chi connectivity index (χ3n) is 11.9. The molecule has 12 aromatic rings. The Bertz CT molecular complexity index is 3540. The predicted octanol–water partition coefficient (Wildman–Crippen LogP) is 14.9. The molecule has 0 bridgehead atoms. The molecule has 0 unspecified atom stereocenters. The van der Waals surface area contributed by atoms with E-state index in [1.54, 1.807) is 0 Å². The van der Waals surface area contributed by atoms with Crippen LogP contribution in [0.5, 0.6) is 0 Å². The minimum atomic E-state index is 0.591. The van der Waals surface area contributed by atoms with E-state index in [-0.39, 0.29) is 0 Å². The topological polar surface area (TPSA) is 56.7 Å². The maximum Gasteiger partial charge on any atom is 0.164 e. The van der Waals surface area contributed by atoms with Gasteiger partial charge in [0.15, 0.2) is 17.5 Å². The first-order valence-electron chi connectivity index (χ1n) is 20.9. The minimum Gasteiger partial charge on any atom is -0.455 e. The van der Waals surface area contributed by atoms with Gasteiger partial charge >= 0.3 is 0 Å². The molecule has 0 fully saturated rings. The number of hydrogen-bond donors (Lipinski definition) is 0. The Morgan fingerprint density at radius 2 is 0.774 bits per heavy atom. The molecule has 0 aliphatic heterocycles. The maximum absolute atomic E-state index is 6.72. The summed E-state index contributed by atoms with van der Waals surface area (Å²) in [7, 11) is 0. The van der Waals surface area contributed by atoms with E-state index < -0.39 is 0 Å². The molecule has 0 spiro atoms. The van der Waals surface area contributed by atoms with Crippen LogP contribution in [0.15, 0.2) is 223 Å². The van der Waals surface area contributed by atoms with Crippen molar-refractivity contribution in [2.24, 2.45) is 0 Å². The average Bonchev–Trinajstić information content (AvgIpc) is 3.90. The monoisotopic (exact) mass is 792 g/mol. The third-order valence-corrected chi connectivity index (χ3v) is 11.9. The molecule has 0 saturated carbocycles. The summed E-state index contributed by atoms with van der Waals surface area (Å²) in [5, 5.41) is 4.43. The van der Waals surface area contributed by atoms with Gasteiger partial charge in [0.1, 0.15) is 11.2 Å². The summed E-state index contributed by atoms with van der Waals surface area (Å²) >= 11 is 0. The van der Waals surface area contributed by atoms with E-state index in [1.165, 1.54) is 0 Å². The quantitative estimate of drug-likeness (QED) is 0.161. The zero-order chi connectivity index (χ0) is 41.0. The Kier molecular flexibility index (Phi) is 8.42. The lowest BCUT2D eigenvalue weighted by Gasteiger charge is -2.21. The Balaban J connectivity index is 1.15. The molecule has 0 amide bonds. The summed E-state index contributed by atoms with van der Waals surface area (Å²) in [5.41, 5.74) is 14.2.